The van der Waals surface area contributed by atoms with Crippen LogP contribution in [0.25, 0.3) is 0 Å². The van der Waals surface area contributed by atoms with Gasteiger partial charge in [-0.2, -0.15) is 0 Å². The predicted octanol–water partition coefficient (Wildman–Crippen LogP) is 3.82. The standard InChI is InChI=1S/C20H25NO3/c1-5-17(24-18-12-8-6-10-15(18)2)20(22)21(3)14-16-11-7-9-13-19(16)23-4/h6-13,17H,5,14H2,1-4H3/t17-/m0/s1. The van der Waals surface area contributed by atoms with E-state index in [1.807, 2.05) is 62.4 Å². The molecule has 0 saturated carbocycles. The number of para-hydroxylation sites is 2. The molecule has 0 heterocycles. The summed E-state index contributed by atoms with van der Waals surface area (Å²) in [6.07, 6.45) is 0.120. The quantitative estimate of drug-likeness (QED) is 0.776. The minimum atomic E-state index is -0.495. The summed E-state index contributed by atoms with van der Waals surface area (Å²) in [5.74, 6) is 1.50. The Balaban J connectivity index is 2.08. The number of amides is 1. The van der Waals surface area contributed by atoms with Crippen LogP contribution in [0.4, 0.5) is 0 Å². The Morgan fingerprint density at radius 2 is 1.71 bits per heavy atom. The molecule has 0 fully saturated rings. The van der Waals surface area contributed by atoms with Gasteiger partial charge in [-0.1, -0.05) is 43.3 Å². The van der Waals surface area contributed by atoms with Crippen molar-refractivity contribution in [1.29, 1.82) is 0 Å². The minimum absolute atomic E-state index is 0.0355. The molecule has 0 bridgehead atoms. The molecule has 24 heavy (non-hydrogen) atoms. The van der Waals surface area contributed by atoms with Gasteiger partial charge in [-0.15, -0.1) is 0 Å². The second-order valence-corrected chi connectivity index (χ2v) is 5.79. The summed E-state index contributed by atoms with van der Waals surface area (Å²) in [7, 11) is 3.43. The summed E-state index contributed by atoms with van der Waals surface area (Å²) in [5.41, 5.74) is 2.00. The van der Waals surface area contributed by atoms with E-state index in [0.29, 0.717) is 13.0 Å². The molecule has 4 nitrogen and oxygen atoms in total. The number of hydrogen-bond donors (Lipinski definition) is 0. The van der Waals surface area contributed by atoms with Crippen LogP contribution >= 0.6 is 0 Å². The van der Waals surface area contributed by atoms with Crippen LogP contribution in [-0.4, -0.2) is 31.1 Å². The molecule has 2 aromatic rings. The van der Waals surface area contributed by atoms with Gasteiger partial charge in [-0.3, -0.25) is 4.79 Å². The highest BCUT2D eigenvalue weighted by molar-refractivity contribution is 5.81. The monoisotopic (exact) mass is 327 g/mol. The normalized spacial score (nSPS) is 11.7. The maximum absolute atomic E-state index is 12.8. The highest BCUT2D eigenvalue weighted by Crippen LogP contribution is 2.22. The Bertz CT molecular complexity index is 684. The number of carbonyl (C=O) groups is 1. The smallest absolute Gasteiger partial charge is 0.263 e. The van der Waals surface area contributed by atoms with Crippen molar-refractivity contribution >= 4 is 5.91 Å². The SMILES string of the molecule is CC[C@H](Oc1ccccc1C)C(=O)N(C)Cc1ccccc1OC. The largest absolute Gasteiger partial charge is 0.496 e. The predicted molar refractivity (Wildman–Crippen MR) is 95.4 cm³/mol. The summed E-state index contributed by atoms with van der Waals surface area (Å²) in [4.78, 5) is 14.4. The van der Waals surface area contributed by atoms with Gasteiger partial charge in [0.25, 0.3) is 5.91 Å². The third kappa shape index (κ3) is 4.28. The van der Waals surface area contributed by atoms with Gasteiger partial charge in [0, 0.05) is 19.2 Å². The number of ether oxygens (including phenoxy) is 2. The van der Waals surface area contributed by atoms with E-state index < -0.39 is 6.10 Å². The maximum Gasteiger partial charge on any atom is 0.263 e. The molecule has 0 saturated heterocycles. The zero-order valence-electron chi connectivity index (χ0n) is 14.8. The Morgan fingerprint density at radius 3 is 2.33 bits per heavy atom. The Labute approximate surface area is 144 Å². The van der Waals surface area contributed by atoms with Gasteiger partial charge in [0.15, 0.2) is 6.10 Å². The average molecular weight is 327 g/mol. The number of nitrogens with zero attached hydrogens (tertiary/aromatic N) is 1. The van der Waals surface area contributed by atoms with E-state index >= 15 is 0 Å². The Morgan fingerprint density at radius 1 is 1.08 bits per heavy atom. The highest BCUT2D eigenvalue weighted by Gasteiger charge is 2.23. The lowest BCUT2D eigenvalue weighted by molar-refractivity contribution is -0.138. The van der Waals surface area contributed by atoms with Crippen LogP contribution in [0.5, 0.6) is 11.5 Å². The lowest BCUT2D eigenvalue weighted by Gasteiger charge is -2.25. The minimum Gasteiger partial charge on any atom is -0.496 e. The molecule has 2 aromatic carbocycles. The van der Waals surface area contributed by atoms with E-state index in [1.165, 1.54) is 0 Å². The molecule has 0 aliphatic heterocycles. The molecule has 0 radical (unpaired) electrons. The van der Waals surface area contributed by atoms with Gasteiger partial charge < -0.3 is 14.4 Å². The van der Waals surface area contributed by atoms with Gasteiger partial charge in [0.2, 0.25) is 0 Å². The summed E-state index contributed by atoms with van der Waals surface area (Å²) >= 11 is 0. The van der Waals surface area contributed by atoms with Gasteiger partial charge in [0.1, 0.15) is 11.5 Å². The molecule has 0 N–H and O–H groups in total. The lowest BCUT2D eigenvalue weighted by atomic mass is 10.1. The summed E-state index contributed by atoms with van der Waals surface area (Å²) in [6.45, 7) is 4.42. The lowest BCUT2D eigenvalue weighted by Crippen LogP contribution is -2.39. The van der Waals surface area contributed by atoms with E-state index in [4.69, 9.17) is 9.47 Å². The van der Waals surface area contributed by atoms with Crippen LogP contribution in [0.2, 0.25) is 0 Å². The first kappa shape index (κ1) is 17.9. The summed E-state index contributed by atoms with van der Waals surface area (Å²) < 4.78 is 11.3. The molecule has 2 rings (SSSR count). The molecular weight excluding hydrogens is 302 g/mol. The highest BCUT2D eigenvalue weighted by atomic mass is 16.5. The van der Waals surface area contributed by atoms with E-state index in [1.54, 1.807) is 19.1 Å². The van der Waals surface area contributed by atoms with E-state index in [9.17, 15) is 4.79 Å². The van der Waals surface area contributed by atoms with Gasteiger partial charge >= 0.3 is 0 Å². The van der Waals surface area contributed by atoms with Crippen LogP contribution in [0.1, 0.15) is 24.5 Å². The molecule has 1 amide bonds. The zero-order chi connectivity index (χ0) is 17.5. The van der Waals surface area contributed by atoms with Crippen molar-refractivity contribution in [3.63, 3.8) is 0 Å². The van der Waals surface area contributed by atoms with Crippen molar-refractivity contribution < 1.29 is 14.3 Å². The van der Waals surface area contributed by atoms with Crippen LogP contribution in [0.3, 0.4) is 0 Å². The molecule has 0 aromatic heterocycles. The van der Waals surface area contributed by atoms with Gasteiger partial charge in [-0.05, 0) is 31.0 Å². The first-order valence-electron chi connectivity index (χ1n) is 8.16. The number of aryl methyl sites for hydroxylation is 1. The van der Waals surface area contributed by atoms with Crippen LogP contribution in [0.15, 0.2) is 48.5 Å². The van der Waals surface area contributed by atoms with Crippen LogP contribution in [-0.2, 0) is 11.3 Å². The Kier molecular flexibility index (Phi) is 6.24. The molecule has 4 heteroatoms. The van der Waals surface area contributed by atoms with E-state index in [2.05, 4.69) is 0 Å². The number of carbonyl (C=O) groups excluding carboxylic acids is 1. The van der Waals surface area contributed by atoms with Crippen molar-refractivity contribution in [3.8, 4) is 11.5 Å². The Hall–Kier alpha value is -2.49. The van der Waals surface area contributed by atoms with Crippen LogP contribution in [0, 0.1) is 6.92 Å². The third-order valence-electron chi connectivity index (χ3n) is 3.99. The second-order valence-electron chi connectivity index (χ2n) is 5.79. The van der Waals surface area contributed by atoms with Crippen LogP contribution < -0.4 is 9.47 Å². The van der Waals surface area contributed by atoms with Crippen molar-refractivity contribution in [2.45, 2.75) is 32.9 Å². The number of benzene rings is 2. The number of likely N-dealkylation sites (N-methyl/N-ethyl adjacent to an activating group) is 1. The first-order chi connectivity index (χ1) is 11.6. The molecule has 0 aliphatic carbocycles. The summed E-state index contributed by atoms with van der Waals surface area (Å²) in [5, 5.41) is 0. The van der Waals surface area contributed by atoms with Crippen molar-refractivity contribution in [2.75, 3.05) is 14.2 Å². The summed E-state index contributed by atoms with van der Waals surface area (Å²) in [6, 6.07) is 15.5. The van der Waals surface area contributed by atoms with E-state index in [0.717, 1.165) is 22.6 Å². The van der Waals surface area contributed by atoms with Crippen molar-refractivity contribution in [1.82, 2.24) is 4.90 Å². The second kappa shape index (κ2) is 8.39. The van der Waals surface area contributed by atoms with Gasteiger partial charge in [-0.25, -0.2) is 0 Å². The molecule has 0 aliphatic rings. The third-order valence-corrected chi connectivity index (χ3v) is 3.99. The first-order valence-corrected chi connectivity index (χ1v) is 8.16. The molecule has 1 atom stereocenters. The number of rotatable bonds is 7. The molecule has 128 valence electrons. The number of hydrogen-bond acceptors (Lipinski definition) is 3. The topological polar surface area (TPSA) is 38.8 Å². The van der Waals surface area contributed by atoms with Crippen molar-refractivity contribution in [2.24, 2.45) is 0 Å². The van der Waals surface area contributed by atoms with Gasteiger partial charge in [0.05, 0.1) is 7.11 Å². The number of methoxy groups -OCH3 is 1. The van der Waals surface area contributed by atoms with Crippen molar-refractivity contribution in [3.05, 3.63) is 59.7 Å². The fourth-order valence-corrected chi connectivity index (χ4v) is 2.56. The maximum atomic E-state index is 12.8. The fourth-order valence-electron chi connectivity index (χ4n) is 2.56. The van der Waals surface area contributed by atoms with E-state index in [-0.39, 0.29) is 5.91 Å². The molecular formula is C20H25NO3. The average Bonchev–Trinajstić information content (AvgIpc) is 2.61. The molecule has 0 spiro atoms. The molecule has 0 unspecified atom stereocenters. The fraction of sp³-hybridized carbons (Fsp3) is 0.350. The zero-order valence-corrected chi connectivity index (χ0v) is 14.8.